The summed E-state index contributed by atoms with van der Waals surface area (Å²) in [5.74, 6) is -1.72. The maximum absolute atomic E-state index is 15.5. The van der Waals surface area contributed by atoms with Crippen molar-refractivity contribution in [3.63, 3.8) is 0 Å². The molecular formula is C38H28Cl2F2N2O4S. The number of nitrogens with zero attached hydrogens (tertiary/aromatic N) is 2. The molecule has 49 heavy (non-hydrogen) atoms. The second-order valence-corrected chi connectivity index (χ2v) is 14.0. The normalized spacial score (nSPS) is 11.4. The van der Waals surface area contributed by atoms with Gasteiger partial charge in [-0.2, -0.15) is 0 Å². The maximum atomic E-state index is 15.5. The van der Waals surface area contributed by atoms with Gasteiger partial charge in [-0.1, -0.05) is 71.7 Å². The van der Waals surface area contributed by atoms with Crippen LogP contribution in [-0.4, -0.2) is 32.6 Å². The van der Waals surface area contributed by atoms with E-state index in [-0.39, 0.29) is 11.1 Å². The molecule has 2 heterocycles. The van der Waals surface area contributed by atoms with Crippen molar-refractivity contribution in [1.82, 2.24) is 9.97 Å². The highest BCUT2D eigenvalue weighted by Crippen LogP contribution is 2.37. The Morgan fingerprint density at radius 1 is 0.592 bits per heavy atom. The number of hydrogen-bond donors (Lipinski definition) is 0. The lowest BCUT2D eigenvalue weighted by molar-refractivity contribution is 0.415. The van der Waals surface area contributed by atoms with Crippen LogP contribution in [0.4, 0.5) is 8.78 Å². The topological polar surface area (TPSA) is 78.4 Å². The average molecular weight is 718 g/mol. The van der Waals surface area contributed by atoms with Crippen LogP contribution in [-0.2, 0) is 21.3 Å². The third kappa shape index (κ3) is 7.44. The lowest BCUT2D eigenvalue weighted by Gasteiger charge is -2.13. The first-order chi connectivity index (χ1) is 23.6. The van der Waals surface area contributed by atoms with Crippen LogP contribution in [0, 0.1) is 11.6 Å². The van der Waals surface area contributed by atoms with Crippen molar-refractivity contribution in [2.75, 3.05) is 14.2 Å². The predicted octanol–water partition coefficient (Wildman–Crippen LogP) is 9.86. The molecular weight excluding hydrogens is 689 g/mol. The molecule has 0 saturated carbocycles. The minimum absolute atomic E-state index is 0.0389. The third-order valence-electron chi connectivity index (χ3n) is 7.94. The van der Waals surface area contributed by atoms with Crippen molar-refractivity contribution >= 4 is 33.0 Å². The Balaban J connectivity index is 1.23. The minimum atomic E-state index is -3.98. The molecule has 248 valence electrons. The number of benzene rings is 4. The van der Waals surface area contributed by atoms with Crippen LogP contribution < -0.4 is 9.47 Å². The van der Waals surface area contributed by atoms with Crippen LogP contribution in [0.2, 0.25) is 10.0 Å². The molecule has 2 aromatic heterocycles. The molecule has 0 fully saturated rings. The molecule has 6 aromatic rings. The molecule has 0 N–H and O–H groups in total. The molecule has 0 saturated heterocycles. The molecule has 0 spiro atoms. The summed E-state index contributed by atoms with van der Waals surface area (Å²) in [5, 5.41) is 0.893. The van der Waals surface area contributed by atoms with Gasteiger partial charge in [-0.15, -0.1) is 0 Å². The Hall–Kier alpha value is -4.83. The number of sulfone groups is 1. The summed E-state index contributed by atoms with van der Waals surface area (Å²) < 4.78 is 68.1. The molecule has 6 rings (SSSR count). The fraction of sp³-hybridized carbons (Fsp3) is 0.105. The van der Waals surface area contributed by atoms with Gasteiger partial charge in [-0.3, -0.25) is 9.97 Å². The van der Waals surface area contributed by atoms with Crippen molar-refractivity contribution < 1.29 is 26.7 Å². The quantitative estimate of drug-likeness (QED) is 0.140. The van der Waals surface area contributed by atoms with E-state index < -0.39 is 33.0 Å². The number of methoxy groups -OCH3 is 2. The number of aromatic nitrogens is 2. The van der Waals surface area contributed by atoms with E-state index in [1.54, 1.807) is 73.1 Å². The minimum Gasteiger partial charge on any atom is -0.495 e. The van der Waals surface area contributed by atoms with Crippen molar-refractivity contribution in [2.45, 2.75) is 11.5 Å². The Labute approximate surface area is 292 Å². The van der Waals surface area contributed by atoms with Gasteiger partial charge in [0, 0.05) is 45.8 Å². The summed E-state index contributed by atoms with van der Waals surface area (Å²) in [4.78, 5) is 8.92. The molecule has 0 aliphatic rings. The smallest absolute Gasteiger partial charge is 0.158 e. The van der Waals surface area contributed by atoms with Gasteiger partial charge in [0.2, 0.25) is 0 Å². The largest absolute Gasteiger partial charge is 0.495 e. The Bertz CT molecular complexity index is 2150. The van der Waals surface area contributed by atoms with Crippen LogP contribution in [0.25, 0.3) is 44.8 Å². The summed E-state index contributed by atoms with van der Waals surface area (Å²) in [6, 6.07) is 26.3. The van der Waals surface area contributed by atoms with E-state index >= 15 is 8.78 Å². The third-order valence-corrected chi connectivity index (χ3v) is 10.1. The van der Waals surface area contributed by atoms with Gasteiger partial charge in [-0.25, -0.2) is 17.2 Å². The first-order valence-corrected chi connectivity index (χ1v) is 17.5. The Morgan fingerprint density at radius 3 is 1.39 bits per heavy atom. The highest BCUT2D eigenvalue weighted by Gasteiger charge is 2.21. The molecule has 0 atom stereocenters. The lowest BCUT2D eigenvalue weighted by Crippen LogP contribution is -2.10. The SMILES string of the molecule is COc1cc(-c2cccnc2-c2ccc(CS(=O)(=O)Cc3ccc(-c4ncccc4-c4ccc(Cl)c(OC)c4)cc3F)c(F)c2)ccc1Cl. The van der Waals surface area contributed by atoms with Crippen LogP contribution in [0.3, 0.4) is 0 Å². The van der Waals surface area contributed by atoms with Crippen molar-refractivity contribution in [3.8, 4) is 56.3 Å². The summed E-state index contributed by atoms with van der Waals surface area (Å²) in [6.07, 6.45) is 3.18. The van der Waals surface area contributed by atoms with Gasteiger partial charge in [0.15, 0.2) is 9.84 Å². The van der Waals surface area contributed by atoms with E-state index in [2.05, 4.69) is 9.97 Å². The molecule has 0 unspecified atom stereocenters. The van der Waals surface area contributed by atoms with E-state index in [0.29, 0.717) is 55.2 Å². The van der Waals surface area contributed by atoms with Gasteiger partial charge in [0.25, 0.3) is 0 Å². The Morgan fingerprint density at radius 2 is 1.00 bits per heavy atom. The maximum Gasteiger partial charge on any atom is 0.158 e. The fourth-order valence-corrected chi connectivity index (χ4v) is 7.45. The summed E-state index contributed by atoms with van der Waals surface area (Å²) in [6.45, 7) is 0. The van der Waals surface area contributed by atoms with Crippen LogP contribution in [0.1, 0.15) is 11.1 Å². The monoisotopic (exact) mass is 716 g/mol. The van der Waals surface area contributed by atoms with Gasteiger partial charge in [0.05, 0.1) is 47.2 Å². The molecule has 0 aliphatic carbocycles. The number of halogens is 4. The van der Waals surface area contributed by atoms with Crippen molar-refractivity contribution in [1.29, 1.82) is 0 Å². The van der Waals surface area contributed by atoms with Crippen molar-refractivity contribution in [2.24, 2.45) is 0 Å². The number of ether oxygens (including phenoxy) is 2. The lowest BCUT2D eigenvalue weighted by atomic mass is 9.98. The molecule has 0 amide bonds. The highest BCUT2D eigenvalue weighted by atomic mass is 35.5. The van der Waals surface area contributed by atoms with E-state index in [9.17, 15) is 8.42 Å². The van der Waals surface area contributed by atoms with Gasteiger partial charge in [-0.05, 0) is 59.7 Å². The van der Waals surface area contributed by atoms with E-state index in [4.69, 9.17) is 32.7 Å². The van der Waals surface area contributed by atoms with E-state index in [1.165, 1.54) is 38.5 Å². The molecule has 0 aliphatic heterocycles. The van der Waals surface area contributed by atoms with Gasteiger partial charge >= 0.3 is 0 Å². The van der Waals surface area contributed by atoms with E-state index in [1.807, 2.05) is 12.1 Å². The Kier molecular flexibility index (Phi) is 9.96. The predicted molar refractivity (Wildman–Crippen MR) is 190 cm³/mol. The fourth-order valence-electron chi connectivity index (χ4n) is 5.54. The first kappa shape index (κ1) is 34.0. The summed E-state index contributed by atoms with van der Waals surface area (Å²) in [7, 11) is -0.950. The highest BCUT2D eigenvalue weighted by molar-refractivity contribution is 7.89. The molecule has 0 bridgehead atoms. The zero-order valence-electron chi connectivity index (χ0n) is 26.3. The second kappa shape index (κ2) is 14.3. The van der Waals surface area contributed by atoms with E-state index in [0.717, 1.165) is 11.1 Å². The number of pyridine rings is 2. The molecule has 11 heteroatoms. The zero-order chi connectivity index (χ0) is 34.7. The number of hydrogen-bond acceptors (Lipinski definition) is 6. The van der Waals surface area contributed by atoms with Crippen LogP contribution >= 0.6 is 23.2 Å². The van der Waals surface area contributed by atoms with Crippen molar-refractivity contribution in [3.05, 3.63) is 142 Å². The summed E-state index contributed by atoms with van der Waals surface area (Å²) in [5.41, 5.74) is 4.76. The second-order valence-electron chi connectivity index (χ2n) is 11.1. The summed E-state index contributed by atoms with van der Waals surface area (Å²) >= 11 is 12.4. The molecule has 0 radical (unpaired) electrons. The van der Waals surface area contributed by atoms with Gasteiger partial charge in [0.1, 0.15) is 23.1 Å². The standard InChI is InChI=1S/C38H28Cl2F2N2O4S/c1-47-35-19-23(11-13-31(35)39)29-5-3-15-43-37(29)25-7-9-27(33(41)17-25)21-49(45,46)22-28-10-8-26(18-34(28)42)38-30(6-4-16-44-38)24-12-14-32(40)36(20-24)48-2/h3-20H,21-22H2,1-2H3. The molecule has 6 nitrogen and oxygen atoms in total. The zero-order valence-corrected chi connectivity index (χ0v) is 28.6. The van der Waals surface area contributed by atoms with Crippen LogP contribution in [0.15, 0.2) is 109 Å². The number of rotatable bonds is 10. The molecule has 4 aromatic carbocycles. The van der Waals surface area contributed by atoms with Crippen LogP contribution in [0.5, 0.6) is 11.5 Å². The van der Waals surface area contributed by atoms with Gasteiger partial charge < -0.3 is 9.47 Å². The first-order valence-electron chi connectivity index (χ1n) is 14.9. The average Bonchev–Trinajstić information content (AvgIpc) is 3.10.